The molecule has 0 spiro atoms. The molecule has 1 atom stereocenters. The van der Waals surface area contributed by atoms with E-state index < -0.39 is 11.6 Å². The number of carbonyl (C=O) groups is 1. The molecule has 2 aromatic carbocycles. The van der Waals surface area contributed by atoms with Crippen molar-refractivity contribution in [3.63, 3.8) is 0 Å². The van der Waals surface area contributed by atoms with Crippen molar-refractivity contribution < 1.29 is 24.9 Å². The van der Waals surface area contributed by atoms with E-state index in [4.69, 9.17) is 4.74 Å². The number of hydrogen-bond donors (Lipinski definition) is 3. The average Bonchev–Trinajstić information content (AvgIpc) is 3.36. The highest BCUT2D eigenvalue weighted by atomic mass is 32.2. The number of carbonyl (C=O) groups excluding carboxylic acids is 1. The van der Waals surface area contributed by atoms with Crippen LogP contribution < -0.4 is 0 Å². The third kappa shape index (κ3) is 5.60. The first-order chi connectivity index (χ1) is 17.0. The van der Waals surface area contributed by atoms with Gasteiger partial charge < -0.3 is 20.1 Å². The molecular formula is C30H38O5S. The number of aryl methyl sites for hydroxylation is 2. The Bertz CT molecular complexity index is 1140. The highest BCUT2D eigenvalue weighted by Crippen LogP contribution is 2.49. The van der Waals surface area contributed by atoms with Crippen LogP contribution in [0.3, 0.4) is 0 Å². The fraction of sp³-hybridized carbons (Fsp3) is 0.500. The van der Waals surface area contributed by atoms with Crippen LogP contribution in [0, 0.1) is 12.8 Å². The van der Waals surface area contributed by atoms with Gasteiger partial charge in [-0.15, -0.1) is 0 Å². The largest absolute Gasteiger partial charge is 0.511 e. The standard InChI is InChI=1S/C30H38O5S/c1-19-15-26(24(29(2,3)4)16-21(19)18-31)36-27-25(33)17-30(35-28(27)34,22-7-5-6-8-22)14-13-20-9-11-23(32)12-10-20/h9-12,15-16,22,31-33H,5-8,13-14,17-18H2,1-4H3. The Balaban J connectivity index is 1.64. The van der Waals surface area contributed by atoms with Gasteiger partial charge >= 0.3 is 5.97 Å². The van der Waals surface area contributed by atoms with Crippen molar-refractivity contribution in [3.8, 4) is 5.75 Å². The summed E-state index contributed by atoms with van der Waals surface area (Å²) in [5.74, 6) is 0.110. The van der Waals surface area contributed by atoms with Gasteiger partial charge in [0.05, 0.1) is 6.61 Å². The second-order valence-electron chi connectivity index (χ2n) is 11.3. The van der Waals surface area contributed by atoms with Crippen LogP contribution in [0.4, 0.5) is 0 Å². The first kappa shape index (κ1) is 26.6. The number of thioether (sulfide) groups is 1. The summed E-state index contributed by atoms with van der Waals surface area (Å²) in [7, 11) is 0. The number of aliphatic hydroxyl groups excluding tert-OH is 2. The Hall–Kier alpha value is -2.44. The van der Waals surface area contributed by atoms with E-state index in [9.17, 15) is 20.1 Å². The minimum absolute atomic E-state index is 0.0409. The van der Waals surface area contributed by atoms with Crippen molar-refractivity contribution in [2.45, 2.75) is 95.2 Å². The molecule has 3 N–H and O–H groups in total. The zero-order chi connectivity index (χ0) is 26.1. The summed E-state index contributed by atoms with van der Waals surface area (Å²) >= 11 is 1.27. The van der Waals surface area contributed by atoms with E-state index in [1.54, 1.807) is 12.1 Å². The number of phenols is 1. The van der Waals surface area contributed by atoms with Crippen molar-refractivity contribution in [2.24, 2.45) is 5.92 Å². The third-order valence-corrected chi connectivity index (χ3v) is 8.88. The number of ether oxygens (including phenoxy) is 1. The molecule has 0 saturated heterocycles. The van der Waals surface area contributed by atoms with Gasteiger partial charge in [-0.25, -0.2) is 4.79 Å². The highest BCUT2D eigenvalue weighted by molar-refractivity contribution is 8.04. The molecule has 1 fully saturated rings. The summed E-state index contributed by atoms with van der Waals surface area (Å²) in [6, 6.07) is 11.1. The van der Waals surface area contributed by atoms with Crippen LogP contribution in [0.5, 0.6) is 5.75 Å². The zero-order valence-electron chi connectivity index (χ0n) is 21.8. The Labute approximate surface area is 218 Å². The van der Waals surface area contributed by atoms with Gasteiger partial charge in [-0.2, -0.15) is 0 Å². The quantitative estimate of drug-likeness (QED) is 0.353. The molecule has 0 radical (unpaired) electrons. The Morgan fingerprint density at radius 3 is 2.33 bits per heavy atom. The SMILES string of the molecule is Cc1cc(SC2=C(O)CC(CCc3ccc(O)cc3)(C3CCCC3)OC2=O)c(C(C)(C)C)cc1CO. The topological polar surface area (TPSA) is 87.0 Å². The summed E-state index contributed by atoms with van der Waals surface area (Å²) in [6.45, 7) is 8.21. The molecule has 1 unspecified atom stereocenters. The second kappa shape index (κ2) is 10.5. The van der Waals surface area contributed by atoms with Crippen LogP contribution in [-0.2, 0) is 28.0 Å². The van der Waals surface area contributed by atoms with E-state index in [2.05, 4.69) is 20.8 Å². The van der Waals surface area contributed by atoms with Crippen LogP contribution in [0.25, 0.3) is 0 Å². The lowest BCUT2D eigenvalue weighted by Crippen LogP contribution is -2.45. The summed E-state index contributed by atoms with van der Waals surface area (Å²) < 4.78 is 6.29. The lowest BCUT2D eigenvalue weighted by Gasteiger charge is -2.41. The molecule has 1 heterocycles. The van der Waals surface area contributed by atoms with E-state index in [1.807, 2.05) is 31.2 Å². The zero-order valence-corrected chi connectivity index (χ0v) is 22.6. The molecule has 194 valence electrons. The van der Waals surface area contributed by atoms with Crippen LogP contribution in [-0.4, -0.2) is 26.9 Å². The lowest BCUT2D eigenvalue weighted by molar-refractivity contribution is -0.166. The minimum atomic E-state index is -0.719. The number of aliphatic hydroxyl groups is 2. The van der Waals surface area contributed by atoms with Crippen LogP contribution in [0.1, 0.15) is 81.5 Å². The fourth-order valence-corrected chi connectivity index (χ4v) is 6.81. The molecule has 1 aliphatic heterocycles. The van der Waals surface area contributed by atoms with Gasteiger partial charge in [0.15, 0.2) is 0 Å². The number of phenolic OH excluding ortho intramolecular Hbond substituents is 1. The molecule has 1 saturated carbocycles. The summed E-state index contributed by atoms with van der Waals surface area (Å²) in [4.78, 5) is 14.6. The molecule has 2 aliphatic rings. The van der Waals surface area contributed by atoms with Gasteiger partial charge in [-0.05, 0) is 84.4 Å². The molecule has 36 heavy (non-hydrogen) atoms. The van der Waals surface area contributed by atoms with Crippen LogP contribution >= 0.6 is 11.8 Å². The molecule has 2 aromatic rings. The van der Waals surface area contributed by atoms with E-state index in [0.29, 0.717) is 19.3 Å². The predicted molar refractivity (Wildman–Crippen MR) is 143 cm³/mol. The molecule has 0 bridgehead atoms. The first-order valence-corrected chi connectivity index (χ1v) is 13.7. The number of aromatic hydroxyl groups is 1. The van der Waals surface area contributed by atoms with Gasteiger partial charge in [0.25, 0.3) is 0 Å². The third-order valence-electron chi connectivity index (χ3n) is 7.71. The second-order valence-corrected chi connectivity index (χ2v) is 12.4. The van der Waals surface area contributed by atoms with Crippen molar-refractivity contribution in [2.75, 3.05) is 0 Å². The lowest BCUT2D eigenvalue weighted by atomic mass is 9.77. The van der Waals surface area contributed by atoms with Crippen LogP contribution in [0.15, 0.2) is 52.0 Å². The van der Waals surface area contributed by atoms with E-state index >= 15 is 0 Å². The summed E-state index contributed by atoms with van der Waals surface area (Å²) in [5, 5.41) is 30.7. The normalized spacial score (nSPS) is 21.2. The molecule has 0 amide bonds. The number of esters is 1. The van der Waals surface area contributed by atoms with Gasteiger partial charge in [-0.1, -0.05) is 63.6 Å². The molecule has 0 aromatic heterocycles. The Kier molecular flexibility index (Phi) is 7.77. The number of benzene rings is 2. The Morgan fingerprint density at radius 2 is 1.75 bits per heavy atom. The smallest absolute Gasteiger partial charge is 0.349 e. The van der Waals surface area contributed by atoms with Crippen LogP contribution in [0.2, 0.25) is 0 Å². The maximum atomic E-state index is 13.5. The summed E-state index contributed by atoms with van der Waals surface area (Å²) in [6.07, 6.45) is 5.87. The van der Waals surface area contributed by atoms with Gasteiger partial charge in [0, 0.05) is 11.3 Å². The van der Waals surface area contributed by atoms with Gasteiger partial charge in [0.2, 0.25) is 0 Å². The fourth-order valence-electron chi connectivity index (χ4n) is 5.57. The van der Waals surface area contributed by atoms with Gasteiger partial charge in [0.1, 0.15) is 22.0 Å². The number of cyclic esters (lactones) is 1. The van der Waals surface area contributed by atoms with Gasteiger partial charge in [-0.3, -0.25) is 0 Å². The van der Waals surface area contributed by atoms with Crippen molar-refractivity contribution >= 4 is 17.7 Å². The number of rotatable bonds is 7. The maximum absolute atomic E-state index is 13.5. The summed E-state index contributed by atoms with van der Waals surface area (Å²) in [5.41, 5.74) is 2.99. The van der Waals surface area contributed by atoms with E-state index in [-0.39, 0.29) is 34.4 Å². The maximum Gasteiger partial charge on any atom is 0.349 e. The predicted octanol–water partition coefficient (Wildman–Crippen LogP) is 6.86. The Morgan fingerprint density at radius 1 is 1.08 bits per heavy atom. The van der Waals surface area contributed by atoms with Crippen molar-refractivity contribution in [1.29, 1.82) is 0 Å². The van der Waals surface area contributed by atoms with E-state index in [0.717, 1.165) is 52.8 Å². The monoisotopic (exact) mass is 510 g/mol. The highest BCUT2D eigenvalue weighted by Gasteiger charge is 2.48. The molecule has 1 aliphatic carbocycles. The number of hydrogen-bond acceptors (Lipinski definition) is 6. The molecule has 4 rings (SSSR count). The minimum Gasteiger partial charge on any atom is -0.511 e. The molecule has 5 nitrogen and oxygen atoms in total. The first-order valence-electron chi connectivity index (χ1n) is 12.9. The molecule has 6 heteroatoms. The van der Waals surface area contributed by atoms with Crippen molar-refractivity contribution in [1.82, 2.24) is 0 Å². The van der Waals surface area contributed by atoms with Crippen molar-refractivity contribution in [3.05, 3.63) is 69.3 Å². The average molecular weight is 511 g/mol. The molecular weight excluding hydrogens is 472 g/mol. The van der Waals surface area contributed by atoms with E-state index in [1.165, 1.54) is 11.8 Å².